The number of nitrogens with zero attached hydrogens (tertiary/aromatic N) is 1. The second-order valence-corrected chi connectivity index (χ2v) is 4.79. The summed E-state index contributed by atoms with van der Waals surface area (Å²) in [4.78, 5) is 22.0. The van der Waals surface area contributed by atoms with Crippen LogP contribution in [0.3, 0.4) is 0 Å². The maximum Gasteiger partial charge on any atom is 0.270 e. The first-order valence-electron chi connectivity index (χ1n) is 6.44. The Bertz CT molecular complexity index is 828. The number of hydrogen-bond donors (Lipinski definition) is 1. The number of benzene rings is 2. The lowest BCUT2D eigenvalue weighted by molar-refractivity contribution is -0.384. The number of nitro groups is 1. The maximum absolute atomic E-state index is 13.3. The Morgan fingerprint density at radius 1 is 1.30 bits per heavy atom. The van der Waals surface area contributed by atoms with Crippen molar-refractivity contribution in [3.63, 3.8) is 0 Å². The number of rotatable bonds is 3. The zero-order chi connectivity index (χ0) is 16.8. The van der Waals surface area contributed by atoms with E-state index in [0.29, 0.717) is 0 Å². The molecule has 0 heterocycles. The quantitative estimate of drug-likeness (QED) is 0.533. The molecule has 5 nitrogen and oxygen atoms in total. The van der Waals surface area contributed by atoms with E-state index < -0.39 is 16.6 Å². The molecule has 0 radical (unpaired) electrons. The van der Waals surface area contributed by atoms with Gasteiger partial charge in [0.05, 0.1) is 27.6 Å². The van der Waals surface area contributed by atoms with Gasteiger partial charge in [-0.15, -0.1) is 0 Å². The third kappa shape index (κ3) is 4.28. The van der Waals surface area contributed by atoms with Crippen LogP contribution in [0, 0.1) is 27.8 Å². The minimum atomic E-state index is -0.620. The monoisotopic (exact) mass is 332 g/mol. The topological polar surface area (TPSA) is 72.2 Å². The summed E-state index contributed by atoms with van der Waals surface area (Å²) in [5, 5.41) is 13.3. The Hall–Kier alpha value is -2.91. The van der Waals surface area contributed by atoms with E-state index in [0.717, 1.165) is 6.07 Å². The molecule has 0 fully saturated rings. The van der Waals surface area contributed by atoms with E-state index in [9.17, 15) is 19.3 Å². The summed E-state index contributed by atoms with van der Waals surface area (Å²) in [7, 11) is 0. The highest BCUT2D eigenvalue weighted by Crippen LogP contribution is 2.21. The minimum Gasteiger partial charge on any atom is -0.341 e. The molecule has 2 aromatic rings. The molecule has 0 aliphatic heterocycles. The van der Waals surface area contributed by atoms with Crippen molar-refractivity contribution in [2.45, 2.75) is 0 Å². The molecule has 1 N–H and O–H groups in total. The molecule has 2 aromatic carbocycles. The van der Waals surface area contributed by atoms with E-state index in [1.807, 2.05) is 0 Å². The molecule has 0 aliphatic rings. The van der Waals surface area contributed by atoms with Crippen molar-refractivity contribution >= 4 is 23.2 Å². The van der Waals surface area contributed by atoms with Gasteiger partial charge in [-0.2, -0.15) is 0 Å². The summed E-state index contributed by atoms with van der Waals surface area (Å²) in [5.41, 5.74) is -0.0410. The molecule has 7 heteroatoms. The molecule has 0 saturated carbocycles. The number of carbonyl (C=O) groups excluding carboxylic acids is 1. The lowest BCUT2D eigenvalue weighted by Crippen LogP contribution is -2.24. The average Bonchev–Trinajstić information content (AvgIpc) is 2.53. The van der Waals surface area contributed by atoms with Gasteiger partial charge in [-0.3, -0.25) is 14.9 Å². The van der Waals surface area contributed by atoms with E-state index in [1.165, 1.54) is 24.3 Å². The Labute approximate surface area is 136 Å². The standard InChI is InChI=1S/C16H10ClFN2O3/c17-14-8-7-12(20(22)23)10-13(14)16(21)19-9-3-5-11-4-1-2-6-15(11)18/h1-2,4,6-8,10H,9H2,(H,19,21). The van der Waals surface area contributed by atoms with Crippen molar-refractivity contribution in [2.24, 2.45) is 0 Å². The molecule has 0 saturated heterocycles. The molecule has 0 atom stereocenters. The largest absolute Gasteiger partial charge is 0.341 e. The highest BCUT2D eigenvalue weighted by atomic mass is 35.5. The van der Waals surface area contributed by atoms with Gasteiger partial charge in [0.15, 0.2) is 0 Å². The summed E-state index contributed by atoms with van der Waals surface area (Å²) in [6.07, 6.45) is 0. The van der Waals surface area contributed by atoms with Gasteiger partial charge in [0.2, 0.25) is 0 Å². The summed E-state index contributed by atoms with van der Waals surface area (Å²) in [5.74, 6) is 4.14. The second kappa shape index (κ2) is 7.38. The van der Waals surface area contributed by atoms with Crippen LogP contribution >= 0.6 is 11.6 Å². The van der Waals surface area contributed by atoms with Crippen LogP contribution in [0.15, 0.2) is 42.5 Å². The zero-order valence-corrected chi connectivity index (χ0v) is 12.4. The first kappa shape index (κ1) is 16.5. The highest BCUT2D eigenvalue weighted by Gasteiger charge is 2.15. The maximum atomic E-state index is 13.3. The van der Waals surface area contributed by atoms with Crippen molar-refractivity contribution in [2.75, 3.05) is 6.54 Å². The SMILES string of the molecule is O=C(NCC#Cc1ccccc1F)c1cc([N+](=O)[O-])ccc1Cl. The first-order chi connectivity index (χ1) is 11.0. The lowest BCUT2D eigenvalue weighted by atomic mass is 10.2. The van der Waals surface area contributed by atoms with Gasteiger partial charge in [0.1, 0.15) is 5.82 Å². The molecule has 0 bridgehead atoms. The van der Waals surface area contributed by atoms with Crippen LogP contribution in [0.5, 0.6) is 0 Å². The van der Waals surface area contributed by atoms with Crippen molar-refractivity contribution in [1.82, 2.24) is 5.32 Å². The van der Waals surface area contributed by atoms with E-state index >= 15 is 0 Å². The van der Waals surface area contributed by atoms with Crippen molar-refractivity contribution in [1.29, 1.82) is 0 Å². The summed E-state index contributed by atoms with van der Waals surface area (Å²) in [6, 6.07) is 9.56. The van der Waals surface area contributed by atoms with Gasteiger partial charge >= 0.3 is 0 Å². The lowest BCUT2D eigenvalue weighted by Gasteiger charge is -2.03. The molecule has 1 amide bonds. The first-order valence-corrected chi connectivity index (χ1v) is 6.82. The van der Waals surface area contributed by atoms with Crippen LogP contribution < -0.4 is 5.32 Å². The van der Waals surface area contributed by atoms with E-state index in [1.54, 1.807) is 12.1 Å². The third-order valence-electron chi connectivity index (χ3n) is 2.84. The summed E-state index contributed by atoms with van der Waals surface area (Å²) >= 11 is 5.86. The molecule has 23 heavy (non-hydrogen) atoms. The number of halogens is 2. The second-order valence-electron chi connectivity index (χ2n) is 4.39. The van der Waals surface area contributed by atoms with Gasteiger partial charge in [-0.1, -0.05) is 35.6 Å². The van der Waals surface area contributed by atoms with Gasteiger partial charge < -0.3 is 5.32 Å². The van der Waals surface area contributed by atoms with Crippen LogP contribution in [-0.2, 0) is 0 Å². The number of carbonyl (C=O) groups is 1. The number of non-ortho nitro benzene ring substituents is 1. The van der Waals surface area contributed by atoms with Crippen LogP contribution in [0.2, 0.25) is 5.02 Å². The third-order valence-corrected chi connectivity index (χ3v) is 3.17. The summed E-state index contributed by atoms with van der Waals surface area (Å²) < 4.78 is 13.3. The van der Waals surface area contributed by atoms with Gasteiger partial charge in [0.25, 0.3) is 11.6 Å². The fourth-order valence-electron chi connectivity index (χ4n) is 1.72. The van der Waals surface area contributed by atoms with E-state index in [-0.39, 0.29) is 28.4 Å². The molecule has 0 aromatic heterocycles. The summed E-state index contributed by atoms with van der Waals surface area (Å²) in [6.45, 7) is -0.0494. The molecule has 0 unspecified atom stereocenters. The van der Waals surface area contributed by atoms with Crippen molar-refractivity contribution in [3.8, 4) is 11.8 Å². The number of nitro benzene ring substituents is 1. The smallest absolute Gasteiger partial charge is 0.270 e. The average molecular weight is 333 g/mol. The predicted octanol–water partition coefficient (Wildman–Crippen LogP) is 3.17. The molecule has 0 aliphatic carbocycles. The molecule has 116 valence electrons. The Morgan fingerprint density at radius 3 is 2.74 bits per heavy atom. The van der Waals surface area contributed by atoms with Crippen LogP contribution in [0.4, 0.5) is 10.1 Å². The van der Waals surface area contributed by atoms with Crippen molar-refractivity contribution < 1.29 is 14.1 Å². The molecule has 2 rings (SSSR count). The normalized spacial score (nSPS) is 9.65. The molecule has 0 spiro atoms. The van der Waals surface area contributed by atoms with E-state index in [4.69, 9.17) is 11.6 Å². The fraction of sp³-hybridized carbons (Fsp3) is 0.0625. The molecular weight excluding hydrogens is 323 g/mol. The number of nitrogens with one attached hydrogen (secondary N) is 1. The number of amides is 1. The fourth-order valence-corrected chi connectivity index (χ4v) is 1.93. The predicted molar refractivity (Wildman–Crippen MR) is 83.7 cm³/mol. The van der Waals surface area contributed by atoms with Crippen LogP contribution in [0.1, 0.15) is 15.9 Å². The minimum absolute atomic E-state index is 0.0199. The Balaban J connectivity index is 2.05. The van der Waals surface area contributed by atoms with Gasteiger partial charge in [0, 0.05) is 12.1 Å². The van der Waals surface area contributed by atoms with Crippen molar-refractivity contribution in [3.05, 3.63) is 74.5 Å². The molecular formula is C16H10ClFN2O3. The highest BCUT2D eigenvalue weighted by molar-refractivity contribution is 6.33. The number of hydrogen-bond acceptors (Lipinski definition) is 3. The van der Waals surface area contributed by atoms with E-state index in [2.05, 4.69) is 17.2 Å². The van der Waals surface area contributed by atoms with Gasteiger partial charge in [-0.05, 0) is 18.2 Å². The zero-order valence-electron chi connectivity index (χ0n) is 11.7. The Kier molecular flexibility index (Phi) is 5.28. The Morgan fingerprint density at radius 2 is 2.04 bits per heavy atom. The van der Waals surface area contributed by atoms with Crippen LogP contribution in [-0.4, -0.2) is 17.4 Å². The van der Waals surface area contributed by atoms with Gasteiger partial charge in [-0.25, -0.2) is 4.39 Å². The van der Waals surface area contributed by atoms with Crippen LogP contribution in [0.25, 0.3) is 0 Å².